The lowest BCUT2D eigenvalue weighted by Crippen LogP contribution is -1.82. The highest BCUT2D eigenvalue weighted by molar-refractivity contribution is 6.10. The van der Waals surface area contributed by atoms with Gasteiger partial charge in [-0.3, -0.25) is 4.98 Å². The molecule has 74 valence electrons. The molecule has 0 spiro atoms. The second kappa shape index (κ2) is 2.98. The number of aromatic amines is 1. The monoisotopic (exact) mass is 198 g/mol. The molecule has 0 aliphatic heterocycles. The Bertz CT molecular complexity index is 628. The van der Waals surface area contributed by atoms with Gasteiger partial charge in [-0.1, -0.05) is 6.07 Å². The van der Waals surface area contributed by atoms with Crippen molar-refractivity contribution in [2.24, 2.45) is 0 Å². The Balaban J connectivity index is 2.56. The Kier molecular flexibility index (Phi) is 1.65. The van der Waals surface area contributed by atoms with Gasteiger partial charge in [-0.15, -0.1) is 0 Å². The third kappa shape index (κ3) is 1.09. The molecule has 3 rings (SSSR count). The van der Waals surface area contributed by atoms with Crippen molar-refractivity contribution in [1.29, 1.82) is 0 Å². The first-order chi connectivity index (χ1) is 7.40. The van der Waals surface area contributed by atoms with Crippen LogP contribution in [-0.4, -0.2) is 17.1 Å². The van der Waals surface area contributed by atoms with Crippen molar-refractivity contribution >= 4 is 21.8 Å². The number of benzene rings is 1. The fourth-order valence-corrected chi connectivity index (χ4v) is 1.94. The van der Waals surface area contributed by atoms with E-state index in [0.717, 1.165) is 27.6 Å². The number of H-pyrrole nitrogens is 1. The van der Waals surface area contributed by atoms with Crippen molar-refractivity contribution in [3.63, 3.8) is 0 Å². The summed E-state index contributed by atoms with van der Waals surface area (Å²) in [6.07, 6.45) is 3.62. The van der Waals surface area contributed by atoms with E-state index in [1.54, 1.807) is 13.3 Å². The van der Waals surface area contributed by atoms with E-state index in [4.69, 9.17) is 4.74 Å². The molecule has 0 fully saturated rings. The van der Waals surface area contributed by atoms with Gasteiger partial charge in [0, 0.05) is 17.0 Å². The Morgan fingerprint density at radius 2 is 2.13 bits per heavy atom. The zero-order valence-electron chi connectivity index (χ0n) is 8.32. The van der Waals surface area contributed by atoms with Gasteiger partial charge in [-0.05, 0) is 18.2 Å². The smallest absolute Gasteiger partial charge is 0.128 e. The van der Waals surface area contributed by atoms with Crippen LogP contribution in [0.3, 0.4) is 0 Å². The van der Waals surface area contributed by atoms with E-state index in [9.17, 15) is 0 Å². The van der Waals surface area contributed by atoms with Crippen molar-refractivity contribution in [2.45, 2.75) is 0 Å². The summed E-state index contributed by atoms with van der Waals surface area (Å²) in [5.74, 6) is 0.893. The lowest BCUT2D eigenvalue weighted by molar-refractivity contribution is 0.420. The van der Waals surface area contributed by atoms with Crippen molar-refractivity contribution in [2.75, 3.05) is 7.11 Å². The Morgan fingerprint density at radius 3 is 3.00 bits per heavy atom. The van der Waals surface area contributed by atoms with Crippen molar-refractivity contribution in [3.05, 3.63) is 36.7 Å². The summed E-state index contributed by atoms with van der Waals surface area (Å²) in [4.78, 5) is 7.40. The normalized spacial score (nSPS) is 11.0. The zero-order valence-corrected chi connectivity index (χ0v) is 8.32. The molecule has 2 heterocycles. The summed E-state index contributed by atoms with van der Waals surface area (Å²) in [5, 5.41) is 2.27. The lowest BCUT2D eigenvalue weighted by Gasteiger charge is -2.00. The molecular formula is C12H10N2O. The van der Waals surface area contributed by atoms with Crippen LogP contribution >= 0.6 is 0 Å². The minimum Gasteiger partial charge on any atom is -0.496 e. The topological polar surface area (TPSA) is 37.9 Å². The molecule has 3 nitrogen and oxygen atoms in total. The van der Waals surface area contributed by atoms with Crippen molar-refractivity contribution < 1.29 is 4.74 Å². The van der Waals surface area contributed by atoms with Gasteiger partial charge in [0.1, 0.15) is 5.75 Å². The average molecular weight is 198 g/mol. The molecule has 0 saturated heterocycles. The van der Waals surface area contributed by atoms with Gasteiger partial charge in [0.05, 0.1) is 24.3 Å². The second-order valence-corrected chi connectivity index (χ2v) is 3.43. The maximum Gasteiger partial charge on any atom is 0.128 e. The summed E-state index contributed by atoms with van der Waals surface area (Å²) in [5.41, 5.74) is 2.12. The number of ether oxygens (including phenoxy) is 1. The number of hydrogen-bond donors (Lipinski definition) is 1. The molecule has 3 aromatic rings. The summed E-state index contributed by atoms with van der Waals surface area (Å²) >= 11 is 0. The highest BCUT2D eigenvalue weighted by Crippen LogP contribution is 2.31. The molecule has 0 unspecified atom stereocenters. The first-order valence-electron chi connectivity index (χ1n) is 4.78. The summed E-state index contributed by atoms with van der Waals surface area (Å²) < 4.78 is 5.35. The molecule has 15 heavy (non-hydrogen) atoms. The SMILES string of the molecule is COc1cccc2[nH]c3cnccc3c12. The van der Waals surface area contributed by atoms with Crippen LogP contribution in [0.25, 0.3) is 21.8 Å². The van der Waals surface area contributed by atoms with E-state index in [2.05, 4.69) is 9.97 Å². The molecule has 0 bridgehead atoms. The molecule has 1 aromatic carbocycles. The van der Waals surface area contributed by atoms with Crippen LogP contribution in [0.5, 0.6) is 5.75 Å². The first-order valence-corrected chi connectivity index (χ1v) is 4.78. The molecule has 0 amide bonds. The van der Waals surface area contributed by atoms with E-state index in [1.807, 2.05) is 30.5 Å². The van der Waals surface area contributed by atoms with E-state index < -0.39 is 0 Å². The fourth-order valence-electron chi connectivity index (χ4n) is 1.94. The van der Waals surface area contributed by atoms with Crippen LogP contribution in [0.2, 0.25) is 0 Å². The predicted molar refractivity (Wildman–Crippen MR) is 60.2 cm³/mol. The average Bonchev–Trinajstić information content (AvgIpc) is 2.67. The highest BCUT2D eigenvalue weighted by atomic mass is 16.5. The minimum atomic E-state index is 0.893. The molecule has 2 aromatic heterocycles. The molecule has 0 aliphatic rings. The first kappa shape index (κ1) is 8.29. The largest absolute Gasteiger partial charge is 0.496 e. The number of methoxy groups -OCH3 is 1. The Morgan fingerprint density at radius 1 is 1.20 bits per heavy atom. The quantitative estimate of drug-likeness (QED) is 0.652. The van der Waals surface area contributed by atoms with Gasteiger partial charge < -0.3 is 9.72 Å². The van der Waals surface area contributed by atoms with Gasteiger partial charge in [0.15, 0.2) is 0 Å². The molecule has 1 N–H and O–H groups in total. The Labute approximate surface area is 86.7 Å². The molecule has 0 atom stereocenters. The predicted octanol–water partition coefficient (Wildman–Crippen LogP) is 2.72. The van der Waals surface area contributed by atoms with Gasteiger partial charge in [-0.25, -0.2) is 0 Å². The third-order valence-electron chi connectivity index (χ3n) is 2.61. The lowest BCUT2D eigenvalue weighted by atomic mass is 10.2. The van der Waals surface area contributed by atoms with Crippen LogP contribution in [0.1, 0.15) is 0 Å². The maximum absolute atomic E-state index is 5.35. The summed E-state index contributed by atoms with van der Waals surface area (Å²) in [6, 6.07) is 7.98. The number of aromatic nitrogens is 2. The molecule has 3 heteroatoms. The number of nitrogens with zero attached hydrogens (tertiary/aromatic N) is 1. The van der Waals surface area contributed by atoms with Crippen LogP contribution in [0, 0.1) is 0 Å². The summed E-state index contributed by atoms with van der Waals surface area (Å²) in [7, 11) is 1.69. The minimum absolute atomic E-state index is 0.893. The molecular weight excluding hydrogens is 188 g/mol. The zero-order chi connectivity index (χ0) is 10.3. The summed E-state index contributed by atoms with van der Waals surface area (Å²) in [6.45, 7) is 0. The third-order valence-corrected chi connectivity index (χ3v) is 2.61. The number of hydrogen-bond acceptors (Lipinski definition) is 2. The van der Waals surface area contributed by atoms with Crippen LogP contribution < -0.4 is 4.74 Å². The van der Waals surface area contributed by atoms with Crippen molar-refractivity contribution in [3.8, 4) is 5.75 Å². The van der Waals surface area contributed by atoms with Gasteiger partial charge >= 0.3 is 0 Å². The number of rotatable bonds is 1. The standard InChI is InChI=1S/C12H10N2O/c1-15-11-4-2-3-9-12(11)8-5-6-13-7-10(8)14-9/h2-7,14H,1H3. The van der Waals surface area contributed by atoms with E-state index in [0.29, 0.717) is 0 Å². The second-order valence-electron chi connectivity index (χ2n) is 3.43. The molecule has 0 aliphatic carbocycles. The van der Waals surface area contributed by atoms with Crippen LogP contribution in [0.15, 0.2) is 36.7 Å². The van der Waals surface area contributed by atoms with E-state index in [1.165, 1.54) is 0 Å². The van der Waals surface area contributed by atoms with E-state index in [-0.39, 0.29) is 0 Å². The Hall–Kier alpha value is -2.03. The number of nitrogens with one attached hydrogen (secondary N) is 1. The van der Waals surface area contributed by atoms with Gasteiger partial charge in [0.25, 0.3) is 0 Å². The fraction of sp³-hybridized carbons (Fsp3) is 0.0833. The maximum atomic E-state index is 5.35. The number of fused-ring (bicyclic) bond motifs is 3. The highest BCUT2D eigenvalue weighted by Gasteiger charge is 2.07. The number of pyridine rings is 1. The van der Waals surface area contributed by atoms with Crippen LogP contribution in [0.4, 0.5) is 0 Å². The van der Waals surface area contributed by atoms with E-state index >= 15 is 0 Å². The van der Waals surface area contributed by atoms with Gasteiger partial charge in [-0.2, -0.15) is 0 Å². The van der Waals surface area contributed by atoms with Crippen LogP contribution in [-0.2, 0) is 0 Å². The van der Waals surface area contributed by atoms with Gasteiger partial charge in [0.2, 0.25) is 0 Å². The molecule has 0 saturated carbocycles. The molecule has 0 radical (unpaired) electrons. The van der Waals surface area contributed by atoms with Crippen molar-refractivity contribution in [1.82, 2.24) is 9.97 Å².